The van der Waals surface area contributed by atoms with Crippen molar-refractivity contribution >= 4 is 0 Å². The fraction of sp³-hybridized carbons (Fsp3) is 0.350. The number of rotatable bonds is 2. The minimum absolute atomic E-state index is 0.0781. The Bertz CT molecular complexity index is 911. The Labute approximate surface area is 152 Å². The molecule has 2 aliphatic rings. The van der Waals surface area contributed by atoms with Crippen molar-refractivity contribution in [1.29, 1.82) is 15.8 Å². The van der Waals surface area contributed by atoms with Crippen molar-refractivity contribution in [3.8, 4) is 18.2 Å². The Balaban J connectivity index is 2.32. The van der Waals surface area contributed by atoms with Gasteiger partial charge in [-0.25, -0.2) is 4.39 Å². The number of nitrogens with zero attached hydrogens (tertiary/aromatic N) is 4. The molecule has 0 saturated carbocycles. The van der Waals surface area contributed by atoms with Crippen molar-refractivity contribution in [1.82, 2.24) is 4.90 Å². The first kappa shape index (κ1) is 17.7. The molecule has 0 amide bonds. The second-order valence-electron chi connectivity index (χ2n) is 6.53. The standard InChI is InChI=1S/C20H18FN5/c1-2-26-8-7-16-15(10-26)18(13-5-3-4-6-17(13)21)14(9-22)19(25)20(16,11-23)12-24/h3-7,15,18H,2,8,10,25H2,1H3/t15-,18-/m1/s1. The molecule has 1 heterocycles. The number of hydrogen-bond donors (Lipinski definition) is 1. The zero-order valence-electron chi connectivity index (χ0n) is 14.4. The number of likely N-dealkylation sites (N-methyl/N-ethyl adjacent to an activating group) is 1. The maximum absolute atomic E-state index is 14.6. The molecule has 0 saturated heterocycles. The number of allylic oxidation sites excluding steroid dienone is 2. The topological polar surface area (TPSA) is 101 Å². The summed E-state index contributed by atoms with van der Waals surface area (Å²) in [4.78, 5) is 2.14. The van der Waals surface area contributed by atoms with E-state index in [4.69, 9.17) is 5.73 Å². The first-order valence-electron chi connectivity index (χ1n) is 8.44. The number of fused-ring (bicyclic) bond motifs is 1. The van der Waals surface area contributed by atoms with Crippen molar-refractivity contribution in [2.45, 2.75) is 12.8 Å². The van der Waals surface area contributed by atoms with Crippen LogP contribution < -0.4 is 5.73 Å². The molecule has 1 aromatic rings. The summed E-state index contributed by atoms with van der Waals surface area (Å²) >= 11 is 0. The van der Waals surface area contributed by atoms with Crippen LogP contribution in [0.4, 0.5) is 4.39 Å². The normalized spacial score (nSPS) is 24.7. The van der Waals surface area contributed by atoms with E-state index in [2.05, 4.69) is 11.0 Å². The van der Waals surface area contributed by atoms with Gasteiger partial charge in [0.2, 0.25) is 5.41 Å². The molecular weight excluding hydrogens is 329 g/mol. The Hall–Kier alpha value is -3.14. The number of nitrogens with two attached hydrogens (primary N) is 1. The SMILES string of the molecule is CCN1CC=C2[C@@H](C1)[C@H](c1ccccc1F)C(C#N)=C(N)C2(C#N)C#N. The van der Waals surface area contributed by atoms with Crippen LogP contribution in [0.15, 0.2) is 47.2 Å². The van der Waals surface area contributed by atoms with Crippen molar-refractivity contribution in [3.05, 3.63) is 58.6 Å². The van der Waals surface area contributed by atoms with E-state index in [1.807, 2.05) is 25.1 Å². The molecule has 0 unspecified atom stereocenters. The molecule has 0 aromatic heterocycles. The van der Waals surface area contributed by atoms with E-state index in [9.17, 15) is 20.2 Å². The van der Waals surface area contributed by atoms with Crippen molar-refractivity contribution in [2.75, 3.05) is 19.6 Å². The number of nitriles is 3. The van der Waals surface area contributed by atoms with Crippen LogP contribution in [0.1, 0.15) is 18.4 Å². The van der Waals surface area contributed by atoms with Crippen LogP contribution in [0.5, 0.6) is 0 Å². The number of benzene rings is 1. The molecule has 0 spiro atoms. The molecule has 6 heteroatoms. The fourth-order valence-electron chi connectivity index (χ4n) is 4.03. The summed E-state index contributed by atoms with van der Waals surface area (Å²) in [5.41, 5.74) is 5.49. The van der Waals surface area contributed by atoms with Crippen molar-refractivity contribution in [3.63, 3.8) is 0 Å². The molecule has 0 radical (unpaired) electrons. The maximum Gasteiger partial charge on any atom is 0.204 e. The van der Waals surface area contributed by atoms with Crippen LogP contribution in [0.2, 0.25) is 0 Å². The zero-order chi connectivity index (χ0) is 18.9. The molecule has 26 heavy (non-hydrogen) atoms. The van der Waals surface area contributed by atoms with Crippen LogP contribution in [0.3, 0.4) is 0 Å². The Morgan fingerprint density at radius 2 is 1.96 bits per heavy atom. The third-order valence-electron chi connectivity index (χ3n) is 5.41. The van der Waals surface area contributed by atoms with Crippen molar-refractivity contribution < 1.29 is 4.39 Å². The lowest BCUT2D eigenvalue weighted by Crippen LogP contribution is -2.47. The van der Waals surface area contributed by atoms with E-state index >= 15 is 0 Å². The lowest BCUT2D eigenvalue weighted by atomic mass is 9.60. The predicted molar refractivity (Wildman–Crippen MR) is 93.3 cm³/mol. The van der Waals surface area contributed by atoms with E-state index < -0.39 is 17.2 Å². The second kappa shape index (κ2) is 6.64. The average molecular weight is 347 g/mol. The monoisotopic (exact) mass is 347 g/mol. The van der Waals surface area contributed by atoms with Gasteiger partial charge < -0.3 is 5.73 Å². The molecule has 1 aliphatic carbocycles. The van der Waals surface area contributed by atoms with Gasteiger partial charge in [-0.2, -0.15) is 15.8 Å². The predicted octanol–water partition coefficient (Wildman–Crippen LogP) is 2.57. The highest BCUT2D eigenvalue weighted by atomic mass is 19.1. The van der Waals surface area contributed by atoms with E-state index in [1.54, 1.807) is 18.2 Å². The van der Waals surface area contributed by atoms with Gasteiger partial charge in [-0.3, -0.25) is 4.90 Å². The van der Waals surface area contributed by atoms with Crippen molar-refractivity contribution in [2.24, 2.45) is 17.1 Å². The van der Waals surface area contributed by atoms with E-state index in [-0.39, 0.29) is 17.2 Å². The maximum atomic E-state index is 14.6. The lowest BCUT2D eigenvalue weighted by Gasteiger charge is -2.44. The van der Waals surface area contributed by atoms with Crippen LogP contribution in [-0.2, 0) is 0 Å². The third-order valence-corrected chi connectivity index (χ3v) is 5.41. The molecule has 3 rings (SSSR count). The Morgan fingerprint density at radius 3 is 2.54 bits per heavy atom. The molecule has 1 aliphatic heterocycles. The highest BCUT2D eigenvalue weighted by Gasteiger charge is 2.52. The van der Waals surface area contributed by atoms with Gasteiger partial charge in [0, 0.05) is 24.9 Å². The summed E-state index contributed by atoms with van der Waals surface area (Å²) in [5, 5.41) is 29.3. The minimum Gasteiger partial charge on any atom is -0.399 e. The van der Waals surface area contributed by atoms with Crippen LogP contribution >= 0.6 is 0 Å². The lowest BCUT2D eigenvalue weighted by molar-refractivity contribution is 0.233. The average Bonchev–Trinajstić information content (AvgIpc) is 2.68. The summed E-state index contributed by atoms with van der Waals surface area (Å²) in [7, 11) is 0. The fourth-order valence-corrected chi connectivity index (χ4v) is 4.03. The number of hydrogen-bond acceptors (Lipinski definition) is 5. The largest absolute Gasteiger partial charge is 0.399 e. The summed E-state index contributed by atoms with van der Waals surface area (Å²) < 4.78 is 14.6. The highest BCUT2D eigenvalue weighted by molar-refractivity contribution is 5.58. The summed E-state index contributed by atoms with van der Waals surface area (Å²) in [5.74, 6) is -1.40. The molecule has 0 fully saturated rings. The van der Waals surface area contributed by atoms with Crippen LogP contribution in [0, 0.1) is 51.1 Å². The smallest absolute Gasteiger partial charge is 0.204 e. The molecule has 130 valence electrons. The van der Waals surface area contributed by atoms with Crippen LogP contribution in [-0.4, -0.2) is 24.5 Å². The molecule has 2 atom stereocenters. The molecule has 2 N–H and O–H groups in total. The van der Waals surface area contributed by atoms with Gasteiger partial charge in [0.25, 0.3) is 0 Å². The summed E-state index contributed by atoms with van der Waals surface area (Å²) in [6.07, 6.45) is 1.85. The first-order valence-corrected chi connectivity index (χ1v) is 8.44. The van der Waals surface area contributed by atoms with Gasteiger partial charge in [0.15, 0.2) is 0 Å². The van der Waals surface area contributed by atoms with E-state index in [0.717, 1.165) is 6.54 Å². The van der Waals surface area contributed by atoms with Gasteiger partial charge in [-0.15, -0.1) is 0 Å². The summed E-state index contributed by atoms with van der Waals surface area (Å²) in [6, 6.07) is 12.4. The highest BCUT2D eigenvalue weighted by Crippen LogP contribution is 2.53. The second-order valence-corrected chi connectivity index (χ2v) is 6.53. The first-order chi connectivity index (χ1) is 12.5. The quantitative estimate of drug-likeness (QED) is 0.829. The molecular formula is C20H18FN5. The van der Waals surface area contributed by atoms with E-state index in [1.165, 1.54) is 6.07 Å². The van der Waals surface area contributed by atoms with Gasteiger partial charge in [0.1, 0.15) is 5.82 Å². The number of halogens is 1. The van der Waals surface area contributed by atoms with Gasteiger partial charge in [-0.05, 0) is 23.7 Å². The zero-order valence-corrected chi connectivity index (χ0v) is 14.4. The van der Waals surface area contributed by atoms with E-state index in [0.29, 0.717) is 24.2 Å². The van der Waals surface area contributed by atoms with Gasteiger partial charge in [0.05, 0.1) is 29.5 Å². The van der Waals surface area contributed by atoms with Gasteiger partial charge >= 0.3 is 0 Å². The molecule has 1 aromatic carbocycles. The summed E-state index contributed by atoms with van der Waals surface area (Å²) in [6.45, 7) is 3.91. The molecule has 0 bridgehead atoms. The Kier molecular flexibility index (Phi) is 4.51. The molecule has 5 nitrogen and oxygen atoms in total. The minimum atomic E-state index is -1.67. The third kappa shape index (κ3) is 2.37. The van der Waals surface area contributed by atoms with Gasteiger partial charge in [-0.1, -0.05) is 31.2 Å². The Morgan fingerprint density at radius 1 is 1.27 bits per heavy atom. The van der Waals surface area contributed by atoms with Crippen LogP contribution in [0.25, 0.3) is 0 Å².